The standard InChI is InChI=1S/C9H10F3N3O3/c1-15-3-5(13-4-15)2-6(7(16)17)14-8(18)9(10,11)12/h3-4,6H,2H2,1H3,(H,14,18)(H,16,17)/t6-/m1/s1. The number of carbonyl (C=O) groups excluding carboxylic acids is 1. The first-order chi connectivity index (χ1) is 8.20. The van der Waals surface area contributed by atoms with Crippen molar-refractivity contribution in [1.29, 1.82) is 0 Å². The molecule has 1 aromatic heterocycles. The SMILES string of the molecule is Cn1cnc(C[C@@H](NC(=O)C(F)(F)F)C(=O)O)c1. The van der Waals surface area contributed by atoms with Crippen molar-refractivity contribution in [3.05, 3.63) is 18.2 Å². The number of imidazole rings is 1. The Labute approximate surface area is 99.4 Å². The highest BCUT2D eigenvalue weighted by atomic mass is 19.4. The van der Waals surface area contributed by atoms with Crippen LogP contribution in [0.25, 0.3) is 0 Å². The number of nitrogens with zero attached hydrogens (tertiary/aromatic N) is 2. The van der Waals surface area contributed by atoms with Gasteiger partial charge in [-0.25, -0.2) is 9.78 Å². The fourth-order valence-corrected chi connectivity index (χ4v) is 1.22. The van der Waals surface area contributed by atoms with Crippen LogP contribution in [0.5, 0.6) is 0 Å². The molecule has 0 fully saturated rings. The number of amides is 1. The van der Waals surface area contributed by atoms with Crippen molar-refractivity contribution in [2.24, 2.45) is 7.05 Å². The molecule has 1 heterocycles. The van der Waals surface area contributed by atoms with E-state index in [9.17, 15) is 22.8 Å². The van der Waals surface area contributed by atoms with E-state index in [4.69, 9.17) is 5.11 Å². The lowest BCUT2D eigenvalue weighted by Gasteiger charge is -2.14. The number of nitrogens with one attached hydrogen (secondary N) is 1. The molecule has 0 aliphatic carbocycles. The first kappa shape index (κ1) is 14.0. The highest BCUT2D eigenvalue weighted by Crippen LogP contribution is 2.15. The fraction of sp³-hybridized carbons (Fsp3) is 0.444. The van der Waals surface area contributed by atoms with Gasteiger partial charge in [-0.3, -0.25) is 4.79 Å². The smallest absolute Gasteiger partial charge is 0.471 e. The minimum Gasteiger partial charge on any atom is -0.480 e. The lowest BCUT2D eigenvalue weighted by atomic mass is 10.1. The number of rotatable bonds is 4. The Morgan fingerprint density at radius 3 is 2.56 bits per heavy atom. The predicted octanol–water partition coefficient (Wildman–Crippen LogP) is 0.0943. The summed E-state index contributed by atoms with van der Waals surface area (Å²) in [6.07, 6.45) is -2.61. The van der Waals surface area contributed by atoms with Gasteiger partial charge in [-0.05, 0) is 0 Å². The van der Waals surface area contributed by atoms with E-state index in [0.29, 0.717) is 0 Å². The molecule has 0 bridgehead atoms. The Balaban J connectivity index is 2.73. The van der Waals surface area contributed by atoms with E-state index in [-0.39, 0.29) is 12.1 Å². The number of halogens is 3. The predicted molar refractivity (Wildman–Crippen MR) is 52.5 cm³/mol. The number of aromatic nitrogens is 2. The highest BCUT2D eigenvalue weighted by molar-refractivity contribution is 5.87. The molecule has 18 heavy (non-hydrogen) atoms. The Morgan fingerprint density at radius 1 is 1.56 bits per heavy atom. The molecule has 0 aliphatic heterocycles. The number of aliphatic carboxylic acids is 1. The Kier molecular flexibility index (Phi) is 3.94. The minimum absolute atomic E-state index is 0.271. The summed E-state index contributed by atoms with van der Waals surface area (Å²) in [6, 6.07) is -1.67. The quantitative estimate of drug-likeness (QED) is 0.808. The van der Waals surface area contributed by atoms with Crippen LogP contribution in [0.1, 0.15) is 5.69 Å². The Bertz CT molecular complexity index is 455. The second kappa shape index (κ2) is 5.07. The van der Waals surface area contributed by atoms with Gasteiger partial charge in [-0.15, -0.1) is 0 Å². The zero-order valence-electron chi connectivity index (χ0n) is 9.23. The molecule has 0 aromatic carbocycles. The van der Waals surface area contributed by atoms with Crippen molar-refractivity contribution in [3.8, 4) is 0 Å². The van der Waals surface area contributed by atoms with Crippen LogP contribution in [-0.4, -0.2) is 38.8 Å². The van der Waals surface area contributed by atoms with Crippen molar-refractivity contribution in [1.82, 2.24) is 14.9 Å². The molecule has 0 spiro atoms. The zero-order valence-corrected chi connectivity index (χ0v) is 9.23. The van der Waals surface area contributed by atoms with E-state index in [1.807, 2.05) is 0 Å². The van der Waals surface area contributed by atoms with Crippen LogP contribution in [0.4, 0.5) is 13.2 Å². The molecule has 1 amide bonds. The van der Waals surface area contributed by atoms with E-state index in [2.05, 4.69) is 4.98 Å². The van der Waals surface area contributed by atoms with Gasteiger partial charge in [-0.1, -0.05) is 0 Å². The number of hydrogen-bond donors (Lipinski definition) is 2. The minimum atomic E-state index is -5.11. The summed E-state index contributed by atoms with van der Waals surface area (Å²) in [5.41, 5.74) is 0.271. The molecule has 0 aliphatic rings. The van der Waals surface area contributed by atoms with Crippen LogP contribution in [0, 0.1) is 0 Å². The van der Waals surface area contributed by atoms with Gasteiger partial charge >= 0.3 is 18.1 Å². The number of carbonyl (C=O) groups is 2. The third kappa shape index (κ3) is 3.75. The van der Waals surface area contributed by atoms with Crippen molar-refractivity contribution in [2.45, 2.75) is 18.6 Å². The number of carboxylic acid groups (broad SMARTS) is 1. The summed E-state index contributed by atoms with van der Waals surface area (Å²) in [4.78, 5) is 25.2. The van der Waals surface area contributed by atoms with Gasteiger partial charge in [0.15, 0.2) is 0 Å². The highest BCUT2D eigenvalue weighted by Gasteiger charge is 2.40. The van der Waals surface area contributed by atoms with Gasteiger partial charge in [0.25, 0.3) is 0 Å². The summed E-state index contributed by atoms with van der Waals surface area (Å²) in [5.74, 6) is -3.84. The fourth-order valence-electron chi connectivity index (χ4n) is 1.22. The van der Waals surface area contributed by atoms with E-state index in [1.54, 1.807) is 7.05 Å². The zero-order chi connectivity index (χ0) is 13.9. The number of alkyl halides is 3. The molecule has 1 rings (SSSR count). The molecule has 6 nitrogen and oxygen atoms in total. The average molecular weight is 265 g/mol. The summed E-state index contributed by atoms with van der Waals surface area (Å²) < 4.78 is 37.5. The van der Waals surface area contributed by atoms with Crippen molar-refractivity contribution in [3.63, 3.8) is 0 Å². The molecule has 1 atom stereocenters. The first-order valence-electron chi connectivity index (χ1n) is 4.77. The van der Waals surface area contributed by atoms with Crippen LogP contribution in [0.2, 0.25) is 0 Å². The lowest BCUT2D eigenvalue weighted by Crippen LogP contribution is -2.47. The molecule has 1 aromatic rings. The maximum absolute atomic E-state index is 12.0. The molecule has 0 radical (unpaired) electrons. The van der Waals surface area contributed by atoms with Gasteiger partial charge in [0.2, 0.25) is 0 Å². The van der Waals surface area contributed by atoms with Crippen molar-refractivity contribution < 1.29 is 27.9 Å². The van der Waals surface area contributed by atoms with Crippen LogP contribution < -0.4 is 5.32 Å². The first-order valence-corrected chi connectivity index (χ1v) is 4.77. The molecule has 2 N–H and O–H groups in total. The lowest BCUT2D eigenvalue weighted by molar-refractivity contribution is -0.175. The van der Waals surface area contributed by atoms with E-state index in [1.165, 1.54) is 22.4 Å². The molecule has 0 saturated carbocycles. The monoisotopic (exact) mass is 265 g/mol. The summed E-state index contributed by atoms with van der Waals surface area (Å²) >= 11 is 0. The average Bonchev–Trinajstić information content (AvgIpc) is 2.61. The summed E-state index contributed by atoms with van der Waals surface area (Å²) in [6.45, 7) is 0. The summed E-state index contributed by atoms with van der Waals surface area (Å²) in [7, 11) is 1.63. The van der Waals surface area contributed by atoms with Crippen LogP contribution in [0.3, 0.4) is 0 Å². The molecule has 9 heteroatoms. The third-order valence-corrected chi connectivity index (χ3v) is 2.03. The number of carboxylic acids is 1. The summed E-state index contributed by atoms with van der Waals surface area (Å²) in [5, 5.41) is 10.1. The largest absolute Gasteiger partial charge is 0.480 e. The molecule has 100 valence electrons. The van der Waals surface area contributed by atoms with Gasteiger partial charge in [0.05, 0.1) is 12.0 Å². The van der Waals surface area contributed by atoms with E-state index >= 15 is 0 Å². The van der Waals surface area contributed by atoms with Crippen molar-refractivity contribution in [2.75, 3.05) is 0 Å². The molecular formula is C9H10F3N3O3. The van der Waals surface area contributed by atoms with Gasteiger partial charge in [0.1, 0.15) is 6.04 Å². The topological polar surface area (TPSA) is 84.2 Å². The number of hydrogen-bond acceptors (Lipinski definition) is 3. The van der Waals surface area contributed by atoms with Crippen molar-refractivity contribution >= 4 is 11.9 Å². The Hall–Kier alpha value is -2.06. The second-order valence-electron chi connectivity index (χ2n) is 3.60. The second-order valence-corrected chi connectivity index (χ2v) is 3.60. The van der Waals surface area contributed by atoms with E-state index < -0.39 is 24.1 Å². The molecule has 0 saturated heterocycles. The van der Waals surface area contributed by atoms with Gasteiger partial charge < -0.3 is 15.0 Å². The van der Waals surface area contributed by atoms with Gasteiger partial charge in [-0.2, -0.15) is 13.2 Å². The molecule has 0 unspecified atom stereocenters. The van der Waals surface area contributed by atoms with Crippen LogP contribution in [0.15, 0.2) is 12.5 Å². The maximum atomic E-state index is 12.0. The van der Waals surface area contributed by atoms with Crippen LogP contribution >= 0.6 is 0 Å². The van der Waals surface area contributed by atoms with Crippen LogP contribution in [-0.2, 0) is 23.1 Å². The third-order valence-electron chi connectivity index (χ3n) is 2.03. The van der Waals surface area contributed by atoms with E-state index in [0.717, 1.165) is 0 Å². The normalized spacial score (nSPS) is 13.1. The number of aryl methyl sites for hydroxylation is 1. The maximum Gasteiger partial charge on any atom is 0.471 e. The van der Waals surface area contributed by atoms with Gasteiger partial charge in [0, 0.05) is 19.7 Å². The Morgan fingerprint density at radius 2 is 2.17 bits per heavy atom. The molecular weight excluding hydrogens is 255 g/mol.